The number of nitrogens with zero attached hydrogens (tertiary/aromatic N) is 3. The van der Waals surface area contributed by atoms with Gasteiger partial charge in [-0.2, -0.15) is 34.0 Å². The van der Waals surface area contributed by atoms with E-state index >= 15 is 0 Å². The maximum Gasteiger partial charge on any atom is 0.269 e. The highest BCUT2D eigenvalue weighted by atomic mass is 79.9. The average Bonchev–Trinajstić information content (AvgIpc) is 1.70. The number of phenols is 1. The van der Waals surface area contributed by atoms with Gasteiger partial charge in [-0.05, 0) is 220 Å². The number of hydrogen-bond donors (Lipinski definition) is 6. The van der Waals surface area contributed by atoms with Gasteiger partial charge in [-0.1, -0.05) is 89.4 Å². The third kappa shape index (κ3) is 18.0. The maximum atomic E-state index is 13.3. The number of para-hydroxylation sites is 3. The first-order valence-corrected chi connectivity index (χ1v) is 35.3. The van der Waals surface area contributed by atoms with Gasteiger partial charge in [0.05, 0.1) is 38.6 Å². The number of piperidine rings is 3. The van der Waals surface area contributed by atoms with Crippen molar-refractivity contribution in [2.45, 2.75) is 54.5 Å². The predicted octanol–water partition coefficient (Wildman–Crippen LogP) is 15.9. The molecule has 3 amide bonds. The predicted molar refractivity (Wildman–Crippen MR) is 387 cm³/mol. The van der Waals surface area contributed by atoms with Gasteiger partial charge < -0.3 is 41.6 Å². The normalized spacial score (nSPS) is 19.3. The molecule has 504 valence electrons. The number of pyridine rings is 3. The van der Waals surface area contributed by atoms with Crippen molar-refractivity contribution in [1.29, 1.82) is 0 Å². The lowest BCUT2D eigenvalue weighted by Gasteiger charge is -2.39. The molecule has 0 radical (unpaired) electrons. The third-order valence-corrected chi connectivity index (χ3v) is 19.2. The number of rotatable bonds is 12. The van der Waals surface area contributed by atoms with Crippen LogP contribution in [-0.2, 0) is 45.4 Å². The summed E-state index contributed by atoms with van der Waals surface area (Å²) >= 11 is 28.9. The molecule has 11 aromatic rings. The van der Waals surface area contributed by atoms with Crippen LogP contribution in [0.2, 0.25) is 15.1 Å². The minimum atomic E-state index is -1.33. The van der Waals surface area contributed by atoms with Gasteiger partial charge in [0.1, 0.15) is 66.3 Å². The van der Waals surface area contributed by atoms with Crippen LogP contribution < -0.4 is 36.5 Å². The number of phenolic OH excluding ortho intramolecular Hbond substituents is 1. The summed E-state index contributed by atoms with van der Waals surface area (Å²) in [4.78, 5) is 90.0. The van der Waals surface area contributed by atoms with Crippen LogP contribution in [0.4, 0.5) is 26.0 Å². The number of Topliss-reactive ketones (excluding diaryl/α,β-unsaturated/α-hetero) is 3. The summed E-state index contributed by atoms with van der Waals surface area (Å²) in [5.74, 6) is -1.57. The van der Waals surface area contributed by atoms with Crippen molar-refractivity contribution in [3.8, 4) is 17.2 Å². The number of halogens is 7. The maximum absolute atomic E-state index is 13.3. The number of carbonyl (C=O) groups is 6. The average molecular weight is 1580 g/mol. The summed E-state index contributed by atoms with van der Waals surface area (Å²) in [7, 11) is 0. The number of anilines is 3. The van der Waals surface area contributed by atoms with Crippen molar-refractivity contribution < 1.29 is 52.1 Å². The van der Waals surface area contributed by atoms with Gasteiger partial charge in [-0.25, -0.2) is 23.7 Å². The molecule has 0 aliphatic carbocycles. The fraction of sp³-hybridized carbons (Fsp3) is 0.125. The zero-order valence-corrected chi connectivity index (χ0v) is 59.3. The lowest BCUT2D eigenvalue weighted by atomic mass is 9.79. The molecule has 7 N–H and O–H groups in total. The SMILES string of the molecule is Nc1ccc(F)cc1.O=C1CC(=O)NC(c2ccsc2)(c2cccc(Br)n2)C1.O=C1CC(c2ccsc2)(c2cccc(Br)n2)NC(=O)C1Oc1ccccc1Cl.O=C1CC(c2ccsc2)(c2cccc(Nc3ccc(F)cc3)n2)NC(=O)C1Oc1ccccc1Cl.Oc1ccccc1Cl. The number of thiophene rings is 3. The molecule has 17 nitrogen and oxygen atoms in total. The topological polar surface area (TPSA) is 254 Å². The molecule has 5 aromatic carbocycles. The second kappa shape index (κ2) is 33.1. The number of aromatic nitrogens is 3. The van der Waals surface area contributed by atoms with E-state index in [9.17, 15) is 37.5 Å². The number of nitrogens with one attached hydrogen (secondary N) is 4. The zero-order chi connectivity index (χ0) is 70.3. The molecule has 0 saturated carbocycles. The van der Waals surface area contributed by atoms with Crippen molar-refractivity contribution in [2.75, 3.05) is 11.1 Å². The number of nitrogen functional groups attached to an aromatic ring is 1. The van der Waals surface area contributed by atoms with Crippen LogP contribution in [-0.4, -0.2) is 67.3 Å². The van der Waals surface area contributed by atoms with E-state index in [0.29, 0.717) is 64.3 Å². The summed E-state index contributed by atoms with van der Waals surface area (Å²) in [6.45, 7) is 0. The van der Waals surface area contributed by atoms with Crippen molar-refractivity contribution in [2.24, 2.45) is 0 Å². The van der Waals surface area contributed by atoms with E-state index in [2.05, 4.69) is 63.1 Å². The Kier molecular flexibility index (Phi) is 24.2. The highest BCUT2D eigenvalue weighted by Gasteiger charge is 2.51. The Hall–Kier alpha value is -9.24. The molecular weight excluding hydrogens is 1520 g/mol. The Morgan fingerprint density at radius 1 is 0.495 bits per heavy atom. The van der Waals surface area contributed by atoms with Crippen LogP contribution in [0.5, 0.6) is 17.2 Å². The molecule has 3 saturated heterocycles. The van der Waals surface area contributed by atoms with Crippen LogP contribution in [0.1, 0.15) is 59.5 Å². The van der Waals surface area contributed by atoms with Crippen LogP contribution >= 0.6 is 101 Å². The summed E-state index contributed by atoms with van der Waals surface area (Å²) in [5.41, 5.74) is 7.62. The number of aromatic hydroxyl groups is 1. The fourth-order valence-corrected chi connectivity index (χ4v) is 14.0. The lowest BCUT2D eigenvalue weighted by Crippen LogP contribution is -2.60. The zero-order valence-electron chi connectivity index (χ0n) is 51.4. The Balaban J connectivity index is 0.000000147. The number of benzene rings is 5. The highest BCUT2D eigenvalue weighted by molar-refractivity contribution is 9.10. The Labute approximate surface area is 610 Å². The monoisotopic (exact) mass is 1570 g/mol. The number of nitrogens with two attached hydrogens (primary N) is 1. The van der Waals surface area contributed by atoms with Gasteiger partial charge in [0, 0.05) is 30.6 Å². The fourth-order valence-electron chi connectivity index (χ4n) is 10.7. The van der Waals surface area contributed by atoms with Crippen LogP contribution in [0, 0.1) is 11.6 Å². The summed E-state index contributed by atoms with van der Waals surface area (Å²) in [6, 6.07) is 53.6. The van der Waals surface area contributed by atoms with Gasteiger partial charge >= 0.3 is 0 Å². The number of hydrogen-bond acceptors (Lipinski definition) is 17. The van der Waals surface area contributed by atoms with Gasteiger partial charge in [-0.3, -0.25) is 28.8 Å². The third-order valence-electron chi connectivity index (χ3n) is 15.3. The van der Waals surface area contributed by atoms with Gasteiger partial charge in [0.15, 0.2) is 11.6 Å². The second-order valence-electron chi connectivity index (χ2n) is 22.0. The molecule has 9 heterocycles. The molecule has 0 bridgehead atoms. The van der Waals surface area contributed by atoms with Crippen molar-refractivity contribution in [3.63, 3.8) is 0 Å². The quantitative estimate of drug-likeness (QED) is 0.0378. The first-order chi connectivity index (χ1) is 47.6. The van der Waals surface area contributed by atoms with Crippen LogP contribution in [0.3, 0.4) is 0 Å². The molecular formula is C72H55Br2Cl3F2N8O9S3. The van der Waals surface area contributed by atoms with Gasteiger partial charge in [0.25, 0.3) is 11.8 Å². The highest BCUT2D eigenvalue weighted by Crippen LogP contribution is 2.42. The van der Waals surface area contributed by atoms with Crippen molar-refractivity contribution >= 4 is 153 Å². The molecule has 3 aliphatic rings. The van der Waals surface area contributed by atoms with Crippen molar-refractivity contribution in [1.82, 2.24) is 30.9 Å². The molecule has 3 aliphatic heterocycles. The van der Waals surface area contributed by atoms with Crippen molar-refractivity contribution in [3.05, 3.63) is 296 Å². The minimum absolute atomic E-state index is 0.0219. The molecule has 5 atom stereocenters. The summed E-state index contributed by atoms with van der Waals surface area (Å²) < 4.78 is 38.0. The minimum Gasteiger partial charge on any atom is -0.506 e. The Bertz CT molecular complexity index is 4570. The van der Waals surface area contributed by atoms with E-state index in [1.165, 1.54) is 70.4 Å². The molecule has 6 aromatic heterocycles. The molecule has 5 unspecified atom stereocenters. The van der Waals surface area contributed by atoms with E-state index in [1.54, 1.807) is 115 Å². The van der Waals surface area contributed by atoms with E-state index in [1.807, 2.05) is 74.7 Å². The molecule has 27 heteroatoms. The number of carbonyl (C=O) groups excluding carboxylic acids is 6. The van der Waals surface area contributed by atoms with E-state index in [0.717, 1.165) is 16.7 Å². The largest absolute Gasteiger partial charge is 0.506 e. The number of ether oxygens (including phenoxy) is 2. The van der Waals surface area contributed by atoms with Crippen LogP contribution in [0.15, 0.2) is 236 Å². The first-order valence-electron chi connectivity index (χ1n) is 29.8. The lowest BCUT2D eigenvalue weighted by molar-refractivity contribution is -0.145. The smallest absolute Gasteiger partial charge is 0.269 e. The Morgan fingerprint density at radius 2 is 0.909 bits per heavy atom. The van der Waals surface area contributed by atoms with Gasteiger partial charge in [0.2, 0.25) is 18.1 Å². The summed E-state index contributed by atoms with van der Waals surface area (Å²) in [5, 5.41) is 33.4. The standard InChI is InChI=1S/C26H19ClFN3O3S.C20H14BrClN2O3S.C14H11BrN2O2S.C6H5ClO.C6H6FN/c27-19-4-1-2-5-21(19)34-24-20(32)14-26(31-25(24)33,16-12-13-35-15-16)22-6-3-7-23(30-22)29-18-10-8-17(28)9-11-18;21-17-7-3-6-16(23-17)20(12-8-9-28-11-12)10-14(25)18(19(26)24-20)27-15-5-2-1-4-13(15)22;15-12-3-1-2-11(16-12)14(9-4-5-20-8-9)7-10(18)6-13(19)17-14;7-5-3-1-2-4-6(5)8;7-5-1-3-6(8)4-2-5/h1-13,15,24H,14H2,(H,29,30)(H,31,33);1-9,11,18H,10H2,(H,24,26);1-5,8H,6-7H2,(H,17,19);1-4,8H;1-4H,8H2. The molecule has 14 rings (SSSR count). The number of ketones is 3. The van der Waals surface area contributed by atoms with Crippen LogP contribution in [0.25, 0.3) is 0 Å². The van der Waals surface area contributed by atoms with E-state index in [-0.39, 0.29) is 66.3 Å². The second-order valence-corrected chi connectivity index (χ2v) is 27.2. The summed E-state index contributed by atoms with van der Waals surface area (Å²) in [6.07, 6.45) is -2.45. The van der Waals surface area contributed by atoms with E-state index in [4.69, 9.17) is 60.1 Å². The van der Waals surface area contributed by atoms with Gasteiger partial charge in [-0.15, -0.1) is 0 Å². The van der Waals surface area contributed by atoms with E-state index < -0.39 is 46.4 Å². The molecule has 0 spiro atoms. The first kappa shape index (κ1) is 72.5. The molecule has 99 heavy (non-hydrogen) atoms. The number of amides is 3. The molecule has 3 fully saturated rings. The Morgan fingerprint density at radius 3 is 1.29 bits per heavy atom.